The van der Waals surface area contributed by atoms with Crippen LogP contribution in [0.3, 0.4) is 0 Å². The number of phosphoric acid groups is 1. The lowest BCUT2D eigenvalue weighted by Crippen LogP contribution is -2.38. The third kappa shape index (κ3) is 3.73. The molecule has 0 aliphatic carbocycles. The Bertz CT molecular complexity index is 712. The Balaban J connectivity index is 2.23. The van der Waals surface area contributed by atoms with Gasteiger partial charge in [0, 0.05) is 6.20 Å². The zero-order chi connectivity index (χ0) is 16.7. The maximum absolute atomic E-state index is 11.7. The van der Waals surface area contributed by atoms with Crippen molar-refractivity contribution in [2.45, 2.75) is 24.5 Å². The van der Waals surface area contributed by atoms with Gasteiger partial charge < -0.3 is 24.7 Å². The lowest BCUT2D eigenvalue weighted by Gasteiger charge is -2.17. The molecular formula is C9H12BrN2O9P. The molecule has 1 aliphatic rings. The molecule has 11 nitrogen and oxygen atoms in total. The molecular weight excluding hydrogens is 391 g/mol. The van der Waals surface area contributed by atoms with Crippen LogP contribution in [0.4, 0.5) is 0 Å². The van der Waals surface area contributed by atoms with Crippen molar-refractivity contribution in [3.63, 3.8) is 0 Å². The minimum absolute atomic E-state index is 0.00712. The maximum atomic E-state index is 11.7. The Hall–Kier alpha value is -0.850. The van der Waals surface area contributed by atoms with Gasteiger partial charge in [-0.25, -0.2) is 9.36 Å². The highest BCUT2D eigenvalue weighted by atomic mass is 79.9. The quantitative estimate of drug-likeness (QED) is 0.358. The summed E-state index contributed by atoms with van der Waals surface area (Å²) in [7, 11) is -4.78. The van der Waals surface area contributed by atoms with E-state index in [0.717, 1.165) is 10.8 Å². The first-order valence-corrected chi connectivity index (χ1v) is 8.15. The number of H-pyrrole nitrogens is 1. The fourth-order valence-corrected chi connectivity index (χ4v) is 2.58. The van der Waals surface area contributed by atoms with E-state index in [9.17, 15) is 24.4 Å². The first-order valence-electron chi connectivity index (χ1n) is 5.83. The topological polar surface area (TPSA) is 171 Å². The molecule has 2 rings (SSSR count). The number of hydrogen-bond acceptors (Lipinski definition) is 7. The highest BCUT2D eigenvalue weighted by Crippen LogP contribution is 2.38. The zero-order valence-corrected chi connectivity index (χ0v) is 13.2. The van der Waals surface area contributed by atoms with Gasteiger partial charge in [0.1, 0.15) is 18.3 Å². The van der Waals surface area contributed by atoms with Crippen LogP contribution in [0.15, 0.2) is 20.3 Å². The summed E-state index contributed by atoms with van der Waals surface area (Å²) in [6.07, 6.45) is -4.69. The highest BCUT2D eigenvalue weighted by Gasteiger charge is 2.45. The maximum Gasteiger partial charge on any atom is 0.469 e. The van der Waals surface area contributed by atoms with Crippen LogP contribution in [0.5, 0.6) is 0 Å². The normalized spacial score (nSPS) is 29.0. The predicted molar refractivity (Wildman–Crippen MR) is 72.9 cm³/mol. The van der Waals surface area contributed by atoms with Gasteiger partial charge in [0.15, 0.2) is 6.23 Å². The van der Waals surface area contributed by atoms with E-state index in [1.807, 2.05) is 4.98 Å². The smallest absolute Gasteiger partial charge is 0.387 e. The summed E-state index contributed by atoms with van der Waals surface area (Å²) in [5.41, 5.74) is -1.57. The van der Waals surface area contributed by atoms with E-state index in [1.54, 1.807) is 0 Å². The van der Waals surface area contributed by atoms with Crippen molar-refractivity contribution in [2.75, 3.05) is 6.61 Å². The van der Waals surface area contributed by atoms with Gasteiger partial charge in [-0.1, -0.05) is 0 Å². The van der Waals surface area contributed by atoms with Crippen molar-refractivity contribution in [2.24, 2.45) is 0 Å². The summed E-state index contributed by atoms with van der Waals surface area (Å²) in [4.78, 5) is 42.2. The average molecular weight is 403 g/mol. The van der Waals surface area contributed by atoms with E-state index in [4.69, 9.17) is 14.5 Å². The molecule has 5 N–H and O–H groups in total. The number of ether oxygens (including phenoxy) is 1. The molecule has 0 unspecified atom stereocenters. The standard InChI is InChI=1S/C9H12BrN2O9P/c10-3-1-12(9(16)11-7(3)15)8-6(14)5(13)4(21-8)2-20-22(17,18)19/h1,4-6,8,13-14H,2H2,(H,11,15,16)(H2,17,18,19)/t4-,5-,6-,8-/m1/s1. The van der Waals surface area contributed by atoms with Crippen LogP contribution in [0.2, 0.25) is 0 Å². The van der Waals surface area contributed by atoms with Crippen molar-refractivity contribution < 1.29 is 33.8 Å². The summed E-state index contributed by atoms with van der Waals surface area (Å²) in [6, 6.07) is 0. The molecule has 0 radical (unpaired) electrons. The summed E-state index contributed by atoms with van der Waals surface area (Å²) >= 11 is 2.90. The van der Waals surface area contributed by atoms with Gasteiger partial charge in [-0.3, -0.25) is 18.9 Å². The van der Waals surface area contributed by atoms with Crippen molar-refractivity contribution in [3.8, 4) is 0 Å². The number of aromatic nitrogens is 2. The van der Waals surface area contributed by atoms with Gasteiger partial charge in [0.05, 0.1) is 11.1 Å². The fourth-order valence-electron chi connectivity index (χ4n) is 1.92. The highest BCUT2D eigenvalue weighted by molar-refractivity contribution is 9.10. The zero-order valence-electron chi connectivity index (χ0n) is 10.7. The van der Waals surface area contributed by atoms with E-state index >= 15 is 0 Å². The number of aliphatic hydroxyl groups excluding tert-OH is 2. The SMILES string of the molecule is O=c1[nH]c(=O)n([C@@H]2O[C@H](COP(=O)(O)O)[C@@H](O)[C@H]2O)cc1Br. The van der Waals surface area contributed by atoms with Crippen LogP contribution in [0.25, 0.3) is 0 Å². The molecule has 0 saturated carbocycles. The Labute approximate surface area is 130 Å². The summed E-state index contributed by atoms with van der Waals surface area (Å²) in [5, 5.41) is 19.7. The van der Waals surface area contributed by atoms with Gasteiger partial charge in [-0.2, -0.15) is 0 Å². The van der Waals surface area contributed by atoms with Crippen molar-refractivity contribution in [1.29, 1.82) is 0 Å². The molecule has 1 fully saturated rings. The number of aromatic amines is 1. The number of phosphoric ester groups is 1. The van der Waals surface area contributed by atoms with Crippen LogP contribution >= 0.6 is 23.8 Å². The fraction of sp³-hybridized carbons (Fsp3) is 0.556. The minimum Gasteiger partial charge on any atom is -0.387 e. The van der Waals surface area contributed by atoms with Gasteiger partial charge in [0.2, 0.25) is 0 Å². The summed E-state index contributed by atoms with van der Waals surface area (Å²) < 4.78 is 20.9. The van der Waals surface area contributed by atoms with E-state index in [1.165, 1.54) is 0 Å². The van der Waals surface area contributed by atoms with Gasteiger partial charge in [-0.05, 0) is 15.9 Å². The van der Waals surface area contributed by atoms with Gasteiger partial charge >= 0.3 is 13.5 Å². The molecule has 1 aromatic heterocycles. The summed E-state index contributed by atoms with van der Waals surface area (Å²) in [6.45, 7) is -0.696. The van der Waals surface area contributed by atoms with Crippen molar-refractivity contribution in [3.05, 3.63) is 31.5 Å². The van der Waals surface area contributed by atoms with Crippen LogP contribution in [-0.4, -0.2) is 54.5 Å². The lowest BCUT2D eigenvalue weighted by molar-refractivity contribution is -0.0544. The van der Waals surface area contributed by atoms with Gasteiger partial charge in [-0.15, -0.1) is 0 Å². The average Bonchev–Trinajstić information content (AvgIpc) is 2.68. The Morgan fingerprint density at radius 2 is 2.00 bits per heavy atom. The van der Waals surface area contributed by atoms with E-state index < -0.39 is 50.2 Å². The second kappa shape index (κ2) is 6.34. The Kier molecular flexibility index (Phi) is 5.04. The Morgan fingerprint density at radius 1 is 1.36 bits per heavy atom. The first kappa shape index (κ1) is 17.5. The van der Waals surface area contributed by atoms with E-state index in [0.29, 0.717) is 0 Å². The van der Waals surface area contributed by atoms with Crippen molar-refractivity contribution >= 4 is 23.8 Å². The molecule has 4 atom stereocenters. The number of rotatable bonds is 4. The lowest BCUT2D eigenvalue weighted by atomic mass is 10.1. The summed E-state index contributed by atoms with van der Waals surface area (Å²) in [5.74, 6) is 0. The van der Waals surface area contributed by atoms with Crippen LogP contribution in [0.1, 0.15) is 6.23 Å². The Morgan fingerprint density at radius 3 is 2.59 bits per heavy atom. The predicted octanol–water partition coefficient (Wildman–Crippen LogP) is -1.97. The van der Waals surface area contributed by atoms with Gasteiger partial charge in [0.25, 0.3) is 5.56 Å². The molecule has 1 aliphatic heterocycles. The molecule has 1 saturated heterocycles. The van der Waals surface area contributed by atoms with Crippen LogP contribution < -0.4 is 11.2 Å². The molecule has 22 heavy (non-hydrogen) atoms. The third-order valence-corrected chi connectivity index (χ3v) is 3.99. The molecule has 1 aromatic rings. The van der Waals surface area contributed by atoms with Crippen LogP contribution in [0, 0.1) is 0 Å². The molecule has 0 amide bonds. The largest absolute Gasteiger partial charge is 0.469 e. The first-order chi connectivity index (χ1) is 10.1. The van der Waals surface area contributed by atoms with E-state index in [-0.39, 0.29) is 4.47 Å². The van der Waals surface area contributed by atoms with Crippen LogP contribution in [-0.2, 0) is 13.8 Å². The molecule has 2 heterocycles. The molecule has 124 valence electrons. The second-order valence-corrected chi connectivity index (χ2v) is 6.57. The number of nitrogens with one attached hydrogen (secondary N) is 1. The number of hydrogen-bond donors (Lipinski definition) is 5. The number of aliphatic hydroxyl groups is 2. The molecule has 13 heteroatoms. The second-order valence-electron chi connectivity index (χ2n) is 4.48. The third-order valence-electron chi connectivity index (χ3n) is 2.94. The minimum atomic E-state index is -4.78. The molecule has 0 spiro atoms. The molecule has 0 bridgehead atoms. The molecule has 0 aromatic carbocycles. The van der Waals surface area contributed by atoms with E-state index in [2.05, 4.69) is 20.5 Å². The monoisotopic (exact) mass is 402 g/mol. The van der Waals surface area contributed by atoms with Crippen molar-refractivity contribution in [1.82, 2.24) is 9.55 Å². The number of halogens is 1. The number of nitrogens with zero attached hydrogens (tertiary/aromatic N) is 1.